The van der Waals surface area contributed by atoms with Crippen LogP contribution in [-0.2, 0) is 5.75 Å². The third kappa shape index (κ3) is 4.12. The van der Waals surface area contributed by atoms with Gasteiger partial charge < -0.3 is 5.11 Å². The van der Waals surface area contributed by atoms with Crippen LogP contribution in [-0.4, -0.2) is 11.1 Å². The number of carboxylic acid groups (broad SMARTS) is 1. The van der Waals surface area contributed by atoms with Crippen molar-refractivity contribution < 1.29 is 9.90 Å². The Hall–Kier alpha value is -1.26. The Morgan fingerprint density at radius 1 is 1.10 bits per heavy atom. The molecule has 0 bridgehead atoms. The van der Waals surface area contributed by atoms with E-state index in [1.165, 1.54) is 16.7 Å². The highest BCUT2D eigenvalue weighted by molar-refractivity contribution is 9.10. The molecule has 2 aromatic rings. The molecule has 2 aromatic carbocycles. The number of rotatable bonds is 4. The maximum atomic E-state index is 11.0. The van der Waals surface area contributed by atoms with E-state index in [-0.39, 0.29) is 0 Å². The molecule has 4 heteroatoms. The Bertz CT molecular complexity index is 633. The van der Waals surface area contributed by atoms with E-state index in [2.05, 4.69) is 48.0 Å². The highest BCUT2D eigenvalue weighted by Gasteiger charge is 2.07. The summed E-state index contributed by atoms with van der Waals surface area (Å²) in [5.74, 6) is -0.0718. The third-order valence-electron chi connectivity index (χ3n) is 2.81. The zero-order valence-electron chi connectivity index (χ0n) is 11.3. The lowest BCUT2D eigenvalue weighted by molar-refractivity contribution is 0.0696. The number of carboxylic acids is 1. The Balaban J connectivity index is 2.16. The van der Waals surface area contributed by atoms with E-state index in [0.29, 0.717) is 5.56 Å². The van der Waals surface area contributed by atoms with Crippen molar-refractivity contribution in [3.05, 3.63) is 63.1 Å². The fourth-order valence-corrected chi connectivity index (χ4v) is 3.65. The van der Waals surface area contributed by atoms with Gasteiger partial charge in [-0.2, -0.15) is 0 Å². The molecule has 0 spiro atoms. The van der Waals surface area contributed by atoms with Gasteiger partial charge in [-0.1, -0.05) is 45.3 Å². The molecule has 0 unspecified atom stereocenters. The van der Waals surface area contributed by atoms with E-state index < -0.39 is 5.97 Å². The van der Waals surface area contributed by atoms with Crippen LogP contribution in [0.4, 0.5) is 0 Å². The number of carbonyl (C=O) groups is 1. The van der Waals surface area contributed by atoms with Gasteiger partial charge in [0.05, 0.1) is 5.56 Å². The van der Waals surface area contributed by atoms with E-state index in [4.69, 9.17) is 5.11 Å². The van der Waals surface area contributed by atoms with E-state index in [9.17, 15) is 4.79 Å². The maximum absolute atomic E-state index is 11.0. The third-order valence-corrected chi connectivity index (χ3v) is 4.31. The van der Waals surface area contributed by atoms with E-state index in [1.807, 2.05) is 6.07 Å². The zero-order chi connectivity index (χ0) is 14.7. The highest BCUT2D eigenvalue weighted by atomic mass is 79.9. The molecule has 0 saturated heterocycles. The molecule has 20 heavy (non-hydrogen) atoms. The van der Waals surface area contributed by atoms with Crippen LogP contribution in [0.3, 0.4) is 0 Å². The van der Waals surface area contributed by atoms with E-state index in [1.54, 1.807) is 23.9 Å². The molecular weight excluding hydrogens is 336 g/mol. The summed E-state index contributed by atoms with van der Waals surface area (Å²) in [5.41, 5.74) is 4.06. The van der Waals surface area contributed by atoms with Gasteiger partial charge in [-0.05, 0) is 37.6 Å². The summed E-state index contributed by atoms with van der Waals surface area (Å²) in [5, 5.41) is 9.06. The smallest absolute Gasteiger partial charge is 0.335 e. The number of halogens is 1. The van der Waals surface area contributed by atoms with Gasteiger partial charge in [-0.3, -0.25) is 0 Å². The van der Waals surface area contributed by atoms with Crippen LogP contribution < -0.4 is 0 Å². The molecule has 0 heterocycles. The summed E-state index contributed by atoms with van der Waals surface area (Å²) < 4.78 is 0.792. The first-order valence-electron chi connectivity index (χ1n) is 6.18. The van der Waals surface area contributed by atoms with Crippen LogP contribution >= 0.6 is 27.7 Å². The van der Waals surface area contributed by atoms with Crippen molar-refractivity contribution in [2.45, 2.75) is 24.5 Å². The van der Waals surface area contributed by atoms with Crippen LogP contribution in [0.1, 0.15) is 27.0 Å². The molecule has 1 N–H and O–H groups in total. The molecule has 0 saturated carbocycles. The molecule has 104 valence electrons. The highest BCUT2D eigenvalue weighted by Crippen LogP contribution is 2.28. The molecule has 0 radical (unpaired) electrons. The van der Waals surface area contributed by atoms with Crippen LogP contribution in [0, 0.1) is 13.8 Å². The number of aryl methyl sites for hydroxylation is 2. The number of aromatic carboxylic acids is 1. The molecular formula is C16H15BrO2S. The van der Waals surface area contributed by atoms with Crippen LogP contribution in [0.2, 0.25) is 0 Å². The van der Waals surface area contributed by atoms with Gasteiger partial charge >= 0.3 is 5.97 Å². The summed E-state index contributed by atoms with van der Waals surface area (Å²) >= 11 is 5.00. The summed E-state index contributed by atoms with van der Waals surface area (Å²) in [6.45, 7) is 4.17. The number of thioether (sulfide) groups is 1. The maximum Gasteiger partial charge on any atom is 0.335 e. The van der Waals surface area contributed by atoms with Gasteiger partial charge in [0.1, 0.15) is 0 Å². The Labute approximate surface area is 131 Å². The fourth-order valence-electron chi connectivity index (χ4n) is 2.09. The largest absolute Gasteiger partial charge is 0.478 e. The molecule has 0 atom stereocenters. The lowest BCUT2D eigenvalue weighted by atomic mass is 10.1. The van der Waals surface area contributed by atoms with Gasteiger partial charge in [-0.25, -0.2) is 4.79 Å². The Kier molecular flexibility index (Phi) is 4.89. The lowest BCUT2D eigenvalue weighted by Gasteiger charge is -2.07. The topological polar surface area (TPSA) is 37.3 Å². The summed E-state index contributed by atoms with van der Waals surface area (Å²) in [6, 6.07) is 11.7. The molecule has 0 aliphatic rings. The minimum atomic E-state index is -0.903. The van der Waals surface area contributed by atoms with Gasteiger partial charge in [0, 0.05) is 15.1 Å². The van der Waals surface area contributed by atoms with Gasteiger partial charge in [0.25, 0.3) is 0 Å². The second kappa shape index (κ2) is 6.46. The average molecular weight is 351 g/mol. The van der Waals surface area contributed by atoms with Crippen molar-refractivity contribution in [1.82, 2.24) is 0 Å². The Morgan fingerprint density at radius 2 is 1.75 bits per heavy atom. The minimum Gasteiger partial charge on any atom is -0.478 e. The molecule has 0 aliphatic heterocycles. The van der Waals surface area contributed by atoms with Gasteiger partial charge in [0.2, 0.25) is 0 Å². The number of benzene rings is 2. The minimum absolute atomic E-state index is 0.308. The molecule has 0 fully saturated rings. The first-order valence-corrected chi connectivity index (χ1v) is 7.96. The predicted octanol–water partition coefficient (Wildman–Crippen LogP) is 5.06. The van der Waals surface area contributed by atoms with E-state index >= 15 is 0 Å². The molecule has 0 aliphatic carbocycles. The summed E-state index contributed by atoms with van der Waals surface area (Å²) in [4.78, 5) is 12.0. The first-order chi connectivity index (χ1) is 9.44. The number of hydrogen-bond donors (Lipinski definition) is 1. The normalized spacial score (nSPS) is 10.6. The first kappa shape index (κ1) is 15.1. The summed E-state index contributed by atoms with van der Waals surface area (Å²) in [6.07, 6.45) is 0. The molecule has 2 nitrogen and oxygen atoms in total. The molecule has 0 amide bonds. The van der Waals surface area contributed by atoms with Crippen molar-refractivity contribution in [3.63, 3.8) is 0 Å². The summed E-state index contributed by atoms with van der Waals surface area (Å²) in [7, 11) is 0. The quantitative estimate of drug-likeness (QED) is 0.783. The fraction of sp³-hybridized carbons (Fsp3) is 0.188. The SMILES string of the molecule is Cc1cc(C)cc(CSc2cc(Br)cc(C(=O)O)c2)c1. The standard InChI is InChI=1S/C16H15BrO2S/c1-10-3-11(2)5-12(4-10)9-20-15-7-13(16(18)19)6-14(17)8-15/h3-8H,9H2,1-2H3,(H,18,19). The van der Waals surface area contributed by atoms with Crippen LogP contribution in [0.15, 0.2) is 45.8 Å². The molecule has 2 rings (SSSR count). The van der Waals surface area contributed by atoms with Crippen molar-refractivity contribution >= 4 is 33.7 Å². The van der Waals surface area contributed by atoms with Crippen molar-refractivity contribution in [2.24, 2.45) is 0 Å². The van der Waals surface area contributed by atoms with E-state index in [0.717, 1.165) is 15.1 Å². The predicted molar refractivity (Wildman–Crippen MR) is 86.6 cm³/mol. The Morgan fingerprint density at radius 3 is 2.35 bits per heavy atom. The van der Waals surface area contributed by atoms with Gasteiger partial charge in [-0.15, -0.1) is 11.8 Å². The second-order valence-corrected chi connectivity index (χ2v) is 6.73. The van der Waals surface area contributed by atoms with Crippen molar-refractivity contribution in [2.75, 3.05) is 0 Å². The van der Waals surface area contributed by atoms with Crippen molar-refractivity contribution in [1.29, 1.82) is 0 Å². The zero-order valence-corrected chi connectivity index (χ0v) is 13.7. The van der Waals surface area contributed by atoms with Crippen LogP contribution in [0.5, 0.6) is 0 Å². The monoisotopic (exact) mass is 350 g/mol. The number of hydrogen-bond acceptors (Lipinski definition) is 2. The van der Waals surface area contributed by atoms with Crippen molar-refractivity contribution in [3.8, 4) is 0 Å². The molecule has 0 aromatic heterocycles. The van der Waals surface area contributed by atoms with Crippen LogP contribution in [0.25, 0.3) is 0 Å². The lowest BCUT2D eigenvalue weighted by Crippen LogP contribution is -1.96. The van der Waals surface area contributed by atoms with Gasteiger partial charge in [0.15, 0.2) is 0 Å². The second-order valence-electron chi connectivity index (χ2n) is 4.77. The average Bonchev–Trinajstić information content (AvgIpc) is 2.34.